The van der Waals surface area contributed by atoms with Crippen molar-refractivity contribution < 1.29 is 14.3 Å². The van der Waals surface area contributed by atoms with Crippen molar-refractivity contribution in [1.29, 1.82) is 0 Å². The highest BCUT2D eigenvalue weighted by molar-refractivity contribution is 5.84. The van der Waals surface area contributed by atoms with Gasteiger partial charge in [-0.15, -0.1) is 0 Å². The van der Waals surface area contributed by atoms with Gasteiger partial charge in [0, 0.05) is 25.0 Å². The second-order valence-electron chi connectivity index (χ2n) is 3.88. The average molecular weight is 184 g/mol. The molecule has 2 fully saturated rings. The van der Waals surface area contributed by atoms with Gasteiger partial charge < -0.3 is 9.47 Å². The van der Waals surface area contributed by atoms with Crippen molar-refractivity contribution in [3.8, 4) is 0 Å². The number of carbonyl (C=O) groups excluding carboxylic acids is 1. The van der Waals surface area contributed by atoms with Crippen molar-refractivity contribution in [2.45, 2.75) is 19.3 Å². The molecule has 0 amide bonds. The molecule has 2 aliphatic heterocycles. The summed E-state index contributed by atoms with van der Waals surface area (Å²) in [5, 5.41) is 0. The van der Waals surface area contributed by atoms with E-state index in [0.717, 1.165) is 32.5 Å². The number of rotatable bonds is 2. The Hall–Kier alpha value is -0.410. The third kappa shape index (κ3) is 2.09. The first kappa shape index (κ1) is 9.16. The number of hydrogen-bond donors (Lipinski definition) is 0. The fraction of sp³-hybridized carbons (Fsp3) is 0.900. The van der Waals surface area contributed by atoms with Crippen molar-refractivity contribution in [1.82, 2.24) is 0 Å². The number of ketones is 1. The van der Waals surface area contributed by atoms with Crippen molar-refractivity contribution in [2.24, 2.45) is 11.8 Å². The number of carbonyl (C=O) groups is 1. The quantitative estimate of drug-likeness (QED) is 0.642. The molecule has 13 heavy (non-hydrogen) atoms. The fourth-order valence-electron chi connectivity index (χ4n) is 2.06. The molecule has 0 spiro atoms. The molecule has 2 rings (SSSR count). The van der Waals surface area contributed by atoms with E-state index in [1.807, 2.05) is 0 Å². The molecule has 0 bridgehead atoms. The third-order valence-electron chi connectivity index (χ3n) is 2.89. The van der Waals surface area contributed by atoms with E-state index in [0.29, 0.717) is 19.0 Å². The molecule has 0 N–H and O–H groups in total. The van der Waals surface area contributed by atoms with E-state index in [4.69, 9.17) is 9.47 Å². The zero-order chi connectivity index (χ0) is 9.10. The zero-order valence-corrected chi connectivity index (χ0v) is 7.83. The van der Waals surface area contributed by atoms with Gasteiger partial charge in [-0.3, -0.25) is 4.79 Å². The monoisotopic (exact) mass is 184 g/mol. The van der Waals surface area contributed by atoms with Crippen LogP contribution in [0.5, 0.6) is 0 Å². The summed E-state index contributed by atoms with van der Waals surface area (Å²) in [5.41, 5.74) is 0. The fourth-order valence-corrected chi connectivity index (χ4v) is 2.06. The summed E-state index contributed by atoms with van der Waals surface area (Å²) in [5.74, 6) is 0.685. The van der Waals surface area contributed by atoms with Crippen LogP contribution in [0.25, 0.3) is 0 Å². The van der Waals surface area contributed by atoms with Gasteiger partial charge in [0.05, 0.1) is 13.2 Å². The highest BCUT2D eigenvalue weighted by Gasteiger charge is 2.30. The first-order valence-electron chi connectivity index (χ1n) is 5.07. The molecule has 3 heteroatoms. The van der Waals surface area contributed by atoms with Gasteiger partial charge in [-0.25, -0.2) is 0 Å². The summed E-state index contributed by atoms with van der Waals surface area (Å²) >= 11 is 0. The maximum atomic E-state index is 11.8. The molecule has 0 saturated carbocycles. The van der Waals surface area contributed by atoms with Crippen molar-refractivity contribution in [3.05, 3.63) is 0 Å². The molecule has 74 valence electrons. The van der Waals surface area contributed by atoms with Crippen LogP contribution in [0.3, 0.4) is 0 Å². The van der Waals surface area contributed by atoms with Gasteiger partial charge in [-0.05, 0) is 19.3 Å². The highest BCUT2D eigenvalue weighted by atomic mass is 16.5. The van der Waals surface area contributed by atoms with E-state index >= 15 is 0 Å². The van der Waals surface area contributed by atoms with Gasteiger partial charge in [0.15, 0.2) is 0 Å². The average Bonchev–Trinajstić information content (AvgIpc) is 2.71. The Kier molecular flexibility index (Phi) is 2.96. The summed E-state index contributed by atoms with van der Waals surface area (Å²) in [7, 11) is 0. The van der Waals surface area contributed by atoms with E-state index in [1.165, 1.54) is 0 Å². The predicted molar refractivity (Wildman–Crippen MR) is 47.5 cm³/mol. The lowest BCUT2D eigenvalue weighted by atomic mass is 9.88. The summed E-state index contributed by atoms with van der Waals surface area (Å²) in [4.78, 5) is 11.8. The summed E-state index contributed by atoms with van der Waals surface area (Å²) in [6.45, 7) is 2.85. The lowest BCUT2D eigenvalue weighted by molar-refractivity contribution is -0.130. The molecule has 0 aromatic rings. The Labute approximate surface area is 78.4 Å². The molecule has 0 aromatic carbocycles. The lowest BCUT2D eigenvalue weighted by Gasteiger charge is -2.22. The van der Waals surface area contributed by atoms with Crippen LogP contribution in [0.2, 0.25) is 0 Å². The van der Waals surface area contributed by atoms with Crippen molar-refractivity contribution in [3.63, 3.8) is 0 Å². The van der Waals surface area contributed by atoms with E-state index in [-0.39, 0.29) is 11.8 Å². The van der Waals surface area contributed by atoms with Crippen LogP contribution in [-0.2, 0) is 14.3 Å². The molecule has 3 nitrogen and oxygen atoms in total. The minimum atomic E-state index is 0.153. The van der Waals surface area contributed by atoms with Gasteiger partial charge in [-0.2, -0.15) is 0 Å². The molecule has 0 aliphatic carbocycles. The van der Waals surface area contributed by atoms with Crippen molar-refractivity contribution >= 4 is 5.78 Å². The minimum absolute atomic E-state index is 0.153. The van der Waals surface area contributed by atoms with Crippen LogP contribution in [-0.4, -0.2) is 32.2 Å². The summed E-state index contributed by atoms with van der Waals surface area (Å²) in [6.07, 6.45) is 2.95. The normalized spacial score (nSPS) is 34.8. The zero-order valence-electron chi connectivity index (χ0n) is 7.83. The molecule has 2 unspecified atom stereocenters. The largest absolute Gasteiger partial charge is 0.381 e. The Morgan fingerprint density at radius 2 is 1.69 bits per heavy atom. The smallest absolute Gasteiger partial charge is 0.143 e. The van der Waals surface area contributed by atoms with Crippen LogP contribution in [0.15, 0.2) is 0 Å². The third-order valence-corrected chi connectivity index (χ3v) is 2.89. The molecular weight excluding hydrogens is 168 g/mol. The van der Waals surface area contributed by atoms with Gasteiger partial charge in [0.2, 0.25) is 0 Å². The molecular formula is C10H16O3. The van der Waals surface area contributed by atoms with Crippen LogP contribution in [0, 0.1) is 11.8 Å². The Morgan fingerprint density at radius 3 is 2.31 bits per heavy atom. The molecule has 2 atom stereocenters. The number of ether oxygens (including phenoxy) is 2. The number of Topliss-reactive ketones (excluding diaryl/α,β-unsaturated/α-hetero) is 1. The van der Waals surface area contributed by atoms with E-state index < -0.39 is 0 Å². The maximum Gasteiger partial charge on any atom is 0.143 e. The molecule has 2 heterocycles. The first-order chi connectivity index (χ1) is 6.38. The second-order valence-corrected chi connectivity index (χ2v) is 3.88. The number of hydrogen-bond acceptors (Lipinski definition) is 3. The standard InChI is InChI=1S/C10H16O3/c11-10(9-3-5-13-7-9)8-2-1-4-12-6-8/h8-9H,1-7H2. The van der Waals surface area contributed by atoms with Gasteiger partial charge >= 0.3 is 0 Å². The Morgan fingerprint density at radius 1 is 1.00 bits per heavy atom. The molecule has 0 aromatic heterocycles. The molecule has 2 saturated heterocycles. The highest BCUT2D eigenvalue weighted by Crippen LogP contribution is 2.23. The van der Waals surface area contributed by atoms with Gasteiger partial charge in [-0.1, -0.05) is 0 Å². The SMILES string of the molecule is O=C(C1CCCOC1)C1CCOC1. The minimum Gasteiger partial charge on any atom is -0.381 e. The van der Waals surface area contributed by atoms with E-state index in [2.05, 4.69) is 0 Å². The Balaban J connectivity index is 1.87. The van der Waals surface area contributed by atoms with Gasteiger partial charge in [0.25, 0.3) is 0 Å². The van der Waals surface area contributed by atoms with Crippen LogP contribution in [0.4, 0.5) is 0 Å². The van der Waals surface area contributed by atoms with E-state index in [9.17, 15) is 4.79 Å². The van der Waals surface area contributed by atoms with Crippen LogP contribution < -0.4 is 0 Å². The maximum absolute atomic E-state index is 11.8. The van der Waals surface area contributed by atoms with E-state index in [1.54, 1.807) is 0 Å². The second kappa shape index (κ2) is 4.20. The topological polar surface area (TPSA) is 35.5 Å². The summed E-state index contributed by atoms with van der Waals surface area (Å²) in [6, 6.07) is 0. The summed E-state index contributed by atoms with van der Waals surface area (Å²) < 4.78 is 10.5. The van der Waals surface area contributed by atoms with Crippen molar-refractivity contribution in [2.75, 3.05) is 26.4 Å². The van der Waals surface area contributed by atoms with Gasteiger partial charge in [0.1, 0.15) is 5.78 Å². The van der Waals surface area contributed by atoms with Crippen LogP contribution >= 0.6 is 0 Å². The molecule has 0 radical (unpaired) electrons. The Bertz CT molecular complexity index is 179. The predicted octanol–water partition coefficient (Wildman–Crippen LogP) is 1.02. The molecule has 2 aliphatic rings. The van der Waals surface area contributed by atoms with Crippen LogP contribution in [0.1, 0.15) is 19.3 Å². The lowest BCUT2D eigenvalue weighted by Crippen LogP contribution is -2.30. The first-order valence-corrected chi connectivity index (χ1v) is 5.07.